The Kier molecular flexibility index (Phi) is 9.61. The Morgan fingerprint density at radius 1 is 1.00 bits per heavy atom. The third-order valence-corrected chi connectivity index (χ3v) is 2.45. The van der Waals surface area contributed by atoms with Crippen LogP contribution in [-0.2, 0) is 9.47 Å². The van der Waals surface area contributed by atoms with Crippen LogP contribution < -0.4 is 0 Å². The smallest absolute Gasteiger partial charge is 0.444 e. The van der Waals surface area contributed by atoms with Crippen LogP contribution in [-0.4, -0.2) is 29.3 Å². The second-order valence-corrected chi connectivity index (χ2v) is 5.61. The predicted octanol–water partition coefficient (Wildman–Crippen LogP) is 4.74. The Morgan fingerprint density at radius 2 is 1.44 bits per heavy atom. The highest BCUT2D eigenvalue weighted by atomic mass is 16.6. The molecule has 0 saturated carbocycles. The zero-order valence-electron chi connectivity index (χ0n) is 15.2. The van der Waals surface area contributed by atoms with Crippen LogP contribution in [0.1, 0.15) is 38.8 Å². The Morgan fingerprint density at radius 3 is 1.76 bits per heavy atom. The minimum Gasteiger partial charge on any atom is -0.444 e. The van der Waals surface area contributed by atoms with Crippen LogP contribution in [0.2, 0.25) is 0 Å². The quantitative estimate of drug-likeness (QED) is 0.439. The molecule has 0 aliphatic carbocycles. The lowest BCUT2D eigenvalue weighted by atomic mass is 10.1. The van der Waals surface area contributed by atoms with Crippen molar-refractivity contribution in [2.45, 2.75) is 53.8 Å². The van der Waals surface area contributed by atoms with E-state index in [9.17, 15) is 19.7 Å². The molecule has 0 radical (unpaired) electrons. The molecule has 0 bridgehead atoms. The van der Waals surface area contributed by atoms with Crippen molar-refractivity contribution >= 4 is 17.9 Å². The molecule has 0 atom stereocenters. The van der Waals surface area contributed by atoms with E-state index in [4.69, 9.17) is 0 Å². The SMILES string of the molecule is CC(C)OC(=O)/N=N/C(=O)OC(C)C.Cc1ccc(C)c([N+](=O)[O-])c1. The van der Waals surface area contributed by atoms with E-state index in [1.54, 1.807) is 46.8 Å². The molecule has 0 saturated heterocycles. The summed E-state index contributed by atoms with van der Waals surface area (Å²) in [6.07, 6.45) is -2.38. The molecule has 0 heterocycles. The summed E-state index contributed by atoms with van der Waals surface area (Å²) in [7, 11) is 0. The molecule has 2 amide bonds. The maximum atomic E-state index is 10.8. The largest absolute Gasteiger partial charge is 0.452 e. The number of nitro groups is 1. The van der Waals surface area contributed by atoms with Gasteiger partial charge in [-0.3, -0.25) is 10.1 Å². The molecular formula is C16H23N3O6. The molecule has 9 heteroatoms. The third kappa shape index (κ3) is 10.5. The Bertz CT molecular complexity index is 617. The molecule has 0 fully saturated rings. The van der Waals surface area contributed by atoms with Crippen molar-refractivity contribution in [3.8, 4) is 0 Å². The lowest BCUT2D eigenvalue weighted by molar-refractivity contribution is -0.385. The van der Waals surface area contributed by atoms with Gasteiger partial charge in [-0.05, 0) is 47.1 Å². The van der Waals surface area contributed by atoms with E-state index in [1.165, 1.54) is 0 Å². The highest BCUT2D eigenvalue weighted by molar-refractivity contribution is 5.73. The fourth-order valence-electron chi connectivity index (χ4n) is 1.45. The van der Waals surface area contributed by atoms with E-state index in [0.717, 1.165) is 5.56 Å². The van der Waals surface area contributed by atoms with Gasteiger partial charge in [-0.1, -0.05) is 22.4 Å². The minimum absolute atomic E-state index is 0.199. The molecule has 0 unspecified atom stereocenters. The van der Waals surface area contributed by atoms with E-state index in [-0.39, 0.29) is 22.8 Å². The molecule has 1 rings (SSSR count). The van der Waals surface area contributed by atoms with E-state index >= 15 is 0 Å². The van der Waals surface area contributed by atoms with Gasteiger partial charge in [-0.15, -0.1) is 0 Å². The van der Waals surface area contributed by atoms with Crippen LogP contribution in [0.3, 0.4) is 0 Å². The average molecular weight is 353 g/mol. The number of rotatable bonds is 3. The normalized spacial score (nSPS) is 10.4. The van der Waals surface area contributed by atoms with Gasteiger partial charge in [0.1, 0.15) is 0 Å². The average Bonchev–Trinajstić information content (AvgIpc) is 2.47. The van der Waals surface area contributed by atoms with Gasteiger partial charge in [0.2, 0.25) is 0 Å². The summed E-state index contributed by atoms with van der Waals surface area (Å²) in [6, 6.07) is 5.20. The molecule has 0 aromatic heterocycles. The molecule has 1 aromatic rings. The zero-order chi connectivity index (χ0) is 19.6. The standard InChI is InChI=1S/C8H14N2O4.C8H9NO2/c1-5(2)13-7(11)9-10-8(12)14-6(3)4;1-6-3-4-7(2)8(5-6)9(10)11/h5-6H,1-4H3;3-5H,1-2H3/b10-9+;. The first-order chi connectivity index (χ1) is 11.5. The highest BCUT2D eigenvalue weighted by Gasteiger charge is 2.08. The third-order valence-electron chi connectivity index (χ3n) is 2.45. The second-order valence-electron chi connectivity index (χ2n) is 5.61. The highest BCUT2D eigenvalue weighted by Crippen LogP contribution is 2.18. The summed E-state index contributed by atoms with van der Waals surface area (Å²) in [4.78, 5) is 31.5. The van der Waals surface area contributed by atoms with E-state index in [2.05, 4.69) is 19.7 Å². The van der Waals surface area contributed by atoms with Crippen molar-refractivity contribution in [2.75, 3.05) is 0 Å². The molecule has 1 aromatic carbocycles. The van der Waals surface area contributed by atoms with Gasteiger partial charge < -0.3 is 9.47 Å². The summed E-state index contributed by atoms with van der Waals surface area (Å²) in [5, 5.41) is 16.4. The van der Waals surface area contributed by atoms with E-state index < -0.39 is 12.2 Å². The number of nitrogens with zero attached hydrogens (tertiary/aromatic N) is 3. The summed E-state index contributed by atoms with van der Waals surface area (Å²) in [5.74, 6) is 0. The number of benzene rings is 1. The van der Waals surface area contributed by atoms with Gasteiger partial charge in [-0.2, -0.15) is 0 Å². The number of amides is 2. The molecular weight excluding hydrogens is 330 g/mol. The zero-order valence-corrected chi connectivity index (χ0v) is 15.2. The first-order valence-corrected chi connectivity index (χ1v) is 7.57. The number of nitro benzene ring substituents is 1. The van der Waals surface area contributed by atoms with Gasteiger partial charge in [0.15, 0.2) is 0 Å². The molecule has 25 heavy (non-hydrogen) atoms. The van der Waals surface area contributed by atoms with Crippen molar-refractivity contribution < 1.29 is 24.0 Å². The molecule has 0 spiro atoms. The number of ether oxygens (including phenoxy) is 2. The number of azo groups is 1. The molecule has 0 aliphatic heterocycles. The monoisotopic (exact) mass is 353 g/mol. The molecule has 0 N–H and O–H groups in total. The van der Waals surface area contributed by atoms with Crippen LogP contribution in [0.4, 0.5) is 15.3 Å². The van der Waals surface area contributed by atoms with Crippen molar-refractivity contribution in [1.29, 1.82) is 0 Å². The van der Waals surface area contributed by atoms with E-state index in [0.29, 0.717) is 5.56 Å². The van der Waals surface area contributed by atoms with Gasteiger partial charge in [0.25, 0.3) is 5.69 Å². The number of aryl methyl sites for hydroxylation is 2. The number of carbonyl (C=O) groups excluding carboxylic acids is 2. The molecule has 9 nitrogen and oxygen atoms in total. The maximum Gasteiger partial charge on any atom is 0.452 e. The molecule has 0 aliphatic rings. The fraction of sp³-hybridized carbons (Fsp3) is 0.500. The Labute approximate surface area is 146 Å². The van der Waals surface area contributed by atoms with Crippen molar-refractivity contribution in [3.05, 3.63) is 39.4 Å². The minimum atomic E-state index is -0.902. The Balaban J connectivity index is 0.000000472. The summed E-state index contributed by atoms with van der Waals surface area (Å²) < 4.78 is 9.20. The fourth-order valence-corrected chi connectivity index (χ4v) is 1.45. The lowest BCUT2D eigenvalue weighted by Crippen LogP contribution is -2.09. The first kappa shape index (κ1) is 22.2. The van der Waals surface area contributed by atoms with Gasteiger partial charge in [-0.25, -0.2) is 9.59 Å². The maximum absolute atomic E-state index is 10.8. The van der Waals surface area contributed by atoms with Gasteiger partial charge in [0.05, 0.1) is 17.1 Å². The first-order valence-electron chi connectivity index (χ1n) is 7.57. The van der Waals surface area contributed by atoms with Crippen molar-refractivity contribution in [1.82, 2.24) is 0 Å². The number of hydrogen-bond acceptors (Lipinski definition) is 6. The van der Waals surface area contributed by atoms with E-state index in [1.807, 2.05) is 13.0 Å². The van der Waals surface area contributed by atoms with Gasteiger partial charge in [0, 0.05) is 11.6 Å². The topological polar surface area (TPSA) is 120 Å². The van der Waals surface area contributed by atoms with Gasteiger partial charge >= 0.3 is 12.2 Å². The Hall–Kier alpha value is -2.84. The molecule has 138 valence electrons. The number of hydrogen-bond donors (Lipinski definition) is 0. The van der Waals surface area contributed by atoms with Crippen molar-refractivity contribution in [3.63, 3.8) is 0 Å². The summed E-state index contributed by atoms with van der Waals surface area (Å²) in [6.45, 7) is 10.2. The van der Waals surface area contributed by atoms with Crippen LogP contribution in [0.15, 0.2) is 28.4 Å². The van der Waals surface area contributed by atoms with Crippen LogP contribution in [0.25, 0.3) is 0 Å². The van der Waals surface area contributed by atoms with Crippen molar-refractivity contribution in [2.24, 2.45) is 10.2 Å². The lowest BCUT2D eigenvalue weighted by Gasteiger charge is -2.03. The number of carbonyl (C=O) groups is 2. The summed E-state index contributed by atoms with van der Waals surface area (Å²) in [5.41, 5.74) is 1.83. The predicted molar refractivity (Wildman–Crippen MR) is 90.7 cm³/mol. The second kappa shape index (κ2) is 10.8. The van der Waals surface area contributed by atoms with Crippen LogP contribution in [0, 0.1) is 24.0 Å². The summed E-state index contributed by atoms with van der Waals surface area (Å²) >= 11 is 0. The van der Waals surface area contributed by atoms with Crippen LogP contribution in [0.5, 0.6) is 0 Å². The van der Waals surface area contributed by atoms with Crippen LogP contribution >= 0.6 is 0 Å².